The topological polar surface area (TPSA) is 41.1 Å². The van der Waals surface area contributed by atoms with Crippen LogP contribution in [0.1, 0.15) is 11.1 Å². The molecule has 2 aromatic rings. The summed E-state index contributed by atoms with van der Waals surface area (Å²) in [5.74, 6) is 0. The van der Waals surface area contributed by atoms with Gasteiger partial charge in [-0.05, 0) is 17.7 Å². The van der Waals surface area contributed by atoms with Gasteiger partial charge in [0.05, 0.1) is 0 Å². The number of nitrogens with one attached hydrogen (secondary N) is 2. The molecule has 0 spiro atoms. The molecule has 92 valence electrons. The Hall–Kier alpha value is -2.00. The smallest absolute Gasteiger partial charge is 0.318 e. The Morgan fingerprint density at radius 1 is 0.944 bits per heavy atom. The summed E-state index contributed by atoms with van der Waals surface area (Å²) < 4.78 is 0. The quantitative estimate of drug-likeness (QED) is 0.641. The van der Waals surface area contributed by atoms with Gasteiger partial charge < -0.3 is 10.6 Å². The molecule has 1 atom stereocenters. The van der Waals surface area contributed by atoms with Crippen molar-refractivity contribution in [3.63, 3.8) is 0 Å². The number of halogens is 1. The fourth-order valence-corrected chi connectivity index (χ4v) is 1.75. The van der Waals surface area contributed by atoms with E-state index in [1.807, 2.05) is 60.7 Å². The second-order valence-corrected chi connectivity index (χ2v) is 4.17. The van der Waals surface area contributed by atoms with E-state index in [-0.39, 0.29) is 6.03 Å². The average Bonchev–Trinajstić information content (AvgIpc) is 2.40. The number of alkyl halides is 1. The molecule has 0 heterocycles. The fraction of sp³-hybridized carbons (Fsp3) is 0.0714. The third-order valence-electron chi connectivity index (χ3n) is 2.38. The lowest BCUT2D eigenvalue weighted by Gasteiger charge is -2.13. The van der Waals surface area contributed by atoms with Gasteiger partial charge in [0.1, 0.15) is 5.50 Å². The largest absolute Gasteiger partial charge is 0.320 e. The summed E-state index contributed by atoms with van der Waals surface area (Å²) in [6.45, 7) is 0. The van der Waals surface area contributed by atoms with Crippen LogP contribution in [0.4, 0.5) is 10.5 Å². The minimum absolute atomic E-state index is 0.329. The van der Waals surface area contributed by atoms with E-state index >= 15 is 0 Å². The molecular formula is C14H13ClN2O. The number of urea groups is 1. The van der Waals surface area contributed by atoms with E-state index in [1.54, 1.807) is 0 Å². The molecule has 0 aliphatic carbocycles. The molecule has 2 rings (SSSR count). The first-order valence-electron chi connectivity index (χ1n) is 5.57. The second kappa shape index (κ2) is 6.07. The number of anilines is 1. The Morgan fingerprint density at radius 2 is 1.50 bits per heavy atom. The molecule has 0 bridgehead atoms. The van der Waals surface area contributed by atoms with E-state index in [1.165, 1.54) is 0 Å². The SMILES string of the molecule is O=C(Nc1ccccc1)NC(Cl)c1ccccc1. The van der Waals surface area contributed by atoms with Crippen molar-refractivity contribution in [2.75, 3.05) is 5.32 Å². The summed E-state index contributed by atoms with van der Waals surface area (Å²) >= 11 is 6.10. The van der Waals surface area contributed by atoms with Gasteiger partial charge in [-0.25, -0.2) is 4.79 Å². The van der Waals surface area contributed by atoms with E-state index in [0.29, 0.717) is 0 Å². The zero-order chi connectivity index (χ0) is 12.8. The van der Waals surface area contributed by atoms with Gasteiger partial charge in [0.25, 0.3) is 0 Å². The molecule has 0 aliphatic heterocycles. The maximum atomic E-state index is 11.7. The Bertz CT molecular complexity index is 502. The van der Waals surface area contributed by atoms with Crippen LogP contribution in [0.25, 0.3) is 0 Å². The molecule has 0 saturated carbocycles. The lowest BCUT2D eigenvalue weighted by atomic mass is 10.2. The summed E-state index contributed by atoms with van der Waals surface area (Å²) in [5, 5.41) is 5.37. The molecule has 2 aromatic carbocycles. The van der Waals surface area contributed by atoms with E-state index in [2.05, 4.69) is 10.6 Å². The van der Waals surface area contributed by atoms with Crippen molar-refractivity contribution in [2.45, 2.75) is 5.50 Å². The Morgan fingerprint density at radius 3 is 2.11 bits per heavy atom. The minimum atomic E-state index is -0.546. The highest BCUT2D eigenvalue weighted by Gasteiger charge is 2.10. The van der Waals surface area contributed by atoms with Crippen LogP contribution in [0.5, 0.6) is 0 Å². The van der Waals surface area contributed by atoms with Gasteiger partial charge >= 0.3 is 6.03 Å². The van der Waals surface area contributed by atoms with Crippen LogP contribution >= 0.6 is 11.6 Å². The van der Waals surface area contributed by atoms with Crippen LogP contribution in [0, 0.1) is 0 Å². The van der Waals surface area contributed by atoms with Crippen molar-refractivity contribution in [3.05, 3.63) is 66.2 Å². The summed E-state index contributed by atoms with van der Waals surface area (Å²) in [5.41, 5.74) is 1.03. The Labute approximate surface area is 111 Å². The number of rotatable bonds is 3. The normalized spacial score (nSPS) is 11.6. The first kappa shape index (κ1) is 12.5. The van der Waals surface area contributed by atoms with Crippen molar-refractivity contribution in [1.29, 1.82) is 0 Å². The van der Waals surface area contributed by atoms with Gasteiger partial charge in [0.2, 0.25) is 0 Å². The first-order chi connectivity index (χ1) is 8.75. The number of carbonyl (C=O) groups excluding carboxylic acids is 1. The molecular weight excluding hydrogens is 248 g/mol. The highest BCUT2D eigenvalue weighted by Crippen LogP contribution is 2.16. The highest BCUT2D eigenvalue weighted by atomic mass is 35.5. The Balaban J connectivity index is 1.92. The summed E-state index contributed by atoms with van der Waals surface area (Å²) in [4.78, 5) is 11.7. The van der Waals surface area contributed by atoms with Gasteiger partial charge in [-0.1, -0.05) is 60.1 Å². The van der Waals surface area contributed by atoms with Crippen molar-refractivity contribution in [2.24, 2.45) is 0 Å². The zero-order valence-electron chi connectivity index (χ0n) is 9.64. The minimum Gasteiger partial charge on any atom is -0.318 e. The predicted octanol–water partition coefficient (Wildman–Crippen LogP) is 3.75. The van der Waals surface area contributed by atoms with Crippen molar-refractivity contribution in [3.8, 4) is 0 Å². The number of hydrogen-bond acceptors (Lipinski definition) is 1. The van der Waals surface area contributed by atoms with Crippen LogP contribution in [0.15, 0.2) is 60.7 Å². The molecule has 18 heavy (non-hydrogen) atoms. The number of carbonyl (C=O) groups is 1. The maximum Gasteiger partial charge on any atom is 0.320 e. The summed E-state index contributed by atoms with van der Waals surface area (Å²) in [6.07, 6.45) is 0. The van der Waals surface area contributed by atoms with Crippen LogP contribution in [0.3, 0.4) is 0 Å². The first-order valence-corrected chi connectivity index (χ1v) is 6.01. The molecule has 4 heteroatoms. The average molecular weight is 261 g/mol. The number of amides is 2. The lowest BCUT2D eigenvalue weighted by Crippen LogP contribution is -2.30. The molecule has 0 saturated heterocycles. The van der Waals surface area contributed by atoms with E-state index in [4.69, 9.17) is 11.6 Å². The third kappa shape index (κ3) is 3.50. The van der Waals surface area contributed by atoms with Gasteiger partial charge in [0.15, 0.2) is 0 Å². The predicted molar refractivity (Wildman–Crippen MR) is 73.6 cm³/mol. The fourth-order valence-electron chi connectivity index (χ4n) is 1.51. The van der Waals surface area contributed by atoms with Gasteiger partial charge in [-0.15, -0.1) is 0 Å². The van der Waals surface area contributed by atoms with Gasteiger partial charge in [-0.3, -0.25) is 0 Å². The van der Waals surface area contributed by atoms with E-state index in [9.17, 15) is 4.79 Å². The van der Waals surface area contributed by atoms with E-state index < -0.39 is 5.50 Å². The zero-order valence-corrected chi connectivity index (χ0v) is 10.4. The van der Waals surface area contributed by atoms with Gasteiger partial charge in [-0.2, -0.15) is 0 Å². The van der Waals surface area contributed by atoms with Crippen molar-refractivity contribution in [1.82, 2.24) is 5.32 Å². The van der Waals surface area contributed by atoms with Crippen molar-refractivity contribution >= 4 is 23.3 Å². The van der Waals surface area contributed by atoms with Crippen LogP contribution < -0.4 is 10.6 Å². The molecule has 1 unspecified atom stereocenters. The van der Waals surface area contributed by atoms with Crippen LogP contribution in [0.2, 0.25) is 0 Å². The monoisotopic (exact) mass is 260 g/mol. The second-order valence-electron chi connectivity index (χ2n) is 3.74. The molecule has 0 radical (unpaired) electrons. The number of para-hydroxylation sites is 1. The van der Waals surface area contributed by atoms with Crippen LogP contribution in [-0.4, -0.2) is 6.03 Å². The number of benzene rings is 2. The Kier molecular flexibility index (Phi) is 4.20. The van der Waals surface area contributed by atoms with Crippen molar-refractivity contribution < 1.29 is 4.79 Å². The molecule has 0 aliphatic rings. The molecule has 3 nitrogen and oxygen atoms in total. The molecule has 2 amide bonds. The molecule has 0 fully saturated rings. The molecule has 2 N–H and O–H groups in total. The standard InChI is InChI=1S/C14H13ClN2O/c15-13(11-7-3-1-4-8-11)17-14(18)16-12-9-5-2-6-10-12/h1-10,13H,(H2,16,17,18). The van der Waals surface area contributed by atoms with Crippen LogP contribution in [-0.2, 0) is 0 Å². The van der Waals surface area contributed by atoms with E-state index in [0.717, 1.165) is 11.3 Å². The lowest BCUT2D eigenvalue weighted by molar-refractivity contribution is 0.251. The highest BCUT2D eigenvalue weighted by molar-refractivity contribution is 6.21. The molecule has 0 aromatic heterocycles. The van der Waals surface area contributed by atoms with Gasteiger partial charge in [0, 0.05) is 5.69 Å². The maximum absolute atomic E-state index is 11.7. The number of hydrogen-bond donors (Lipinski definition) is 2. The summed E-state index contributed by atoms with van der Waals surface area (Å²) in [6, 6.07) is 18.3. The third-order valence-corrected chi connectivity index (χ3v) is 2.74. The summed E-state index contributed by atoms with van der Waals surface area (Å²) in [7, 11) is 0.